The van der Waals surface area contributed by atoms with E-state index in [0.717, 1.165) is 11.3 Å². The third-order valence-electron chi connectivity index (χ3n) is 3.99. The number of nitrogens with one attached hydrogen (secondary N) is 1. The number of benzene rings is 1. The van der Waals surface area contributed by atoms with Gasteiger partial charge in [-0.3, -0.25) is 0 Å². The third kappa shape index (κ3) is 3.64. The summed E-state index contributed by atoms with van der Waals surface area (Å²) in [6.07, 6.45) is 5.39. The molecule has 0 aliphatic heterocycles. The van der Waals surface area contributed by atoms with Crippen molar-refractivity contribution in [2.24, 2.45) is 5.41 Å². The summed E-state index contributed by atoms with van der Waals surface area (Å²) in [4.78, 5) is 0. The van der Waals surface area contributed by atoms with Crippen molar-refractivity contribution in [3.63, 3.8) is 0 Å². The summed E-state index contributed by atoms with van der Waals surface area (Å²) in [5.74, 6) is 0. The van der Waals surface area contributed by atoms with Gasteiger partial charge in [-0.25, -0.2) is 0 Å². The minimum atomic E-state index is 0.373. The Labute approximate surface area is 115 Å². The molecule has 1 aromatic rings. The molecule has 0 spiro atoms. The molecule has 0 radical (unpaired) electrons. The second kappa shape index (κ2) is 5.52. The van der Waals surface area contributed by atoms with E-state index in [1.165, 1.54) is 25.7 Å². The fraction of sp³-hybridized carbons (Fsp3) is 0.562. The maximum atomic E-state index is 8.80. The van der Waals surface area contributed by atoms with Crippen LogP contribution < -0.4 is 11.1 Å². The predicted molar refractivity (Wildman–Crippen MR) is 79.8 cm³/mol. The number of rotatable bonds is 3. The molecular weight excluding hydrogens is 234 g/mol. The molecule has 1 atom stereocenters. The van der Waals surface area contributed by atoms with E-state index in [9.17, 15) is 0 Å². The zero-order valence-electron chi connectivity index (χ0n) is 11.9. The zero-order chi connectivity index (χ0) is 13.9. The molecule has 0 amide bonds. The van der Waals surface area contributed by atoms with Crippen LogP contribution in [-0.2, 0) is 6.42 Å². The Bertz CT molecular complexity index is 485. The first-order valence-electron chi connectivity index (χ1n) is 7.02. The monoisotopic (exact) mass is 257 g/mol. The lowest BCUT2D eigenvalue weighted by Gasteiger charge is -2.36. The predicted octanol–water partition coefficient (Wildman–Crippen LogP) is 3.72. The van der Waals surface area contributed by atoms with Gasteiger partial charge in [-0.15, -0.1) is 0 Å². The van der Waals surface area contributed by atoms with Crippen LogP contribution in [0.25, 0.3) is 0 Å². The maximum absolute atomic E-state index is 8.80. The van der Waals surface area contributed by atoms with Crippen molar-refractivity contribution in [2.75, 3.05) is 11.1 Å². The molecule has 19 heavy (non-hydrogen) atoms. The molecule has 3 heteroatoms. The van der Waals surface area contributed by atoms with Gasteiger partial charge in [0.15, 0.2) is 0 Å². The highest BCUT2D eigenvalue weighted by atomic mass is 14.9. The SMILES string of the molecule is CC1(C)CCCC(Nc2ccc(N)c(CC#N)c2)C1. The smallest absolute Gasteiger partial charge is 0.0670 e. The van der Waals surface area contributed by atoms with Crippen LogP contribution in [0, 0.1) is 16.7 Å². The van der Waals surface area contributed by atoms with E-state index >= 15 is 0 Å². The summed E-state index contributed by atoms with van der Waals surface area (Å²) in [7, 11) is 0. The molecule has 0 aromatic heterocycles. The molecular formula is C16H23N3. The Balaban J connectivity index is 2.07. The fourth-order valence-corrected chi connectivity index (χ4v) is 2.99. The van der Waals surface area contributed by atoms with Crippen molar-refractivity contribution in [3.8, 4) is 6.07 Å². The first kappa shape index (κ1) is 13.7. The molecule has 0 heterocycles. The largest absolute Gasteiger partial charge is 0.398 e. The molecule has 0 saturated heterocycles. The molecule has 0 bridgehead atoms. The lowest BCUT2D eigenvalue weighted by atomic mass is 9.75. The highest BCUT2D eigenvalue weighted by Gasteiger charge is 2.27. The second-order valence-electron chi connectivity index (χ2n) is 6.35. The summed E-state index contributed by atoms with van der Waals surface area (Å²) in [5.41, 5.74) is 9.01. The van der Waals surface area contributed by atoms with Crippen LogP contribution >= 0.6 is 0 Å². The molecule has 2 rings (SSSR count). The lowest BCUT2D eigenvalue weighted by Crippen LogP contribution is -2.31. The number of nitrogen functional groups attached to an aromatic ring is 1. The minimum absolute atomic E-state index is 0.373. The van der Waals surface area contributed by atoms with E-state index in [1.807, 2.05) is 18.2 Å². The third-order valence-corrected chi connectivity index (χ3v) is 3.99. The average Bonchev–Trinajstić information content (AvgIpc) is 2.32. The van der Waals surface area contributed by atoms with Gasteiger partial charge in [0.1, 0.15) is 0 Å². The summed E-state index contributed by atoms with van der Waals surface area (Å²) in [6.45, 7) is 4.68. The van der Waals surface area contributed by atoms with Gasteiger partial charge in [0.25, 0.3) is 0 Å². The fourth-order valence-electron chi connectivity index (χ4n) is 2.99. The first-order valence-corrected chi connectivity index (χ1v) is 7.02. The molecule has 1 fully saturated rings. The Morgan fingerprint density at radius 1 is 1.47 bits per heavy atom. The van der Waals surface area contributed by atoms with Crippen LogP contribution in [0.2, 0.25) is 0 Å². The van der Waals surface area contributed by atoms with E-state index in [1.54, 1.807) is 0 Å². The van der Waals surface area contributed by atoms with Crippen molar-refractivity contribution in [2.45, 2.75) is 52.0 Å². The highest BCUT2D eigenvalue weighted by Crippen LogP contribution is 2.36. The van der Waals surface area contributed by atoms with Crippen molar-refractivity contribution >= 4 is 11.4 Å². The maximum Gasteiger partial charge on any atom is 0.0670 e. The molecule has 1 aliphatic rings. The van der Waals surface area contributed by atoms with E-state index in [2.05, 4.69) is 25.2 Å². The van der Waals surface area contributed by atoms with Crippen molar-refractivity contribution < 1.29 is 0 Å². The van der Waals surface area contributed by atoms with Crippen LogP contribution in [0.1, 0.15) is 45.1 Å². The summed E-state index contributed by atoms with van der Waals surface area (Å²) in [5, 5.41) is 12.4. The zero-order valence-corrected chi connectivity index (χ0v) is 11.9. The Morgan fingerprint density at radius 2 is 2.26 bits per heavy atom. The Morgan fingerprint density at radius 3 is 2.95 bits per heavy atom. The van der Waals surface area contributed by atoms with Gasteiger partial charge < -0.3 is 11.1 Å². The van der Waals surface area contributed by atoms with E-state index < -0.39 is 0 Å². The second-order valence-corrected chi connectivity index (χ2v) is 6.35. The standard InChI is InChI=1S/C16H23N3/c1-16(2)8-3-4-14(11-16)19-13-5-6-15(18)12(10-13)7-9-17/h5-6,10,14,19H,3-4,7-8,11,18H2,1-2H3. The van der Waals surface area contributed by atoms with Gasteiger partial charge >= 0.3 is 0 Å². The van der Waals surface area contributed by atoms with Crippen LogP contribution in [-0.4, -0.2) is 6.04 Å². The van der Waals surface area contributed by atoms with Gasteiger partial charge in [-0.05, 0) is 48.4 Å². The molecule has 1 unspecified atom stereocenters. The lowest BCUT2D eigenvalue weighted by molar-refractivity contribution is 0.229. The highest BCUT2D eigenvalue weighted by molar-refractivity contribution is 5.58. The number of hydrogen-bond donors (Lipinski definition) is 2. The van der Waals surface area contributed by atoms with E-state index in [4.69, 9.17) is 11.0 Å². The van der Waals surface area contributed by atoms with E-state index in [-0.39, 0.29) is 0 Å². The number of anilines is 2. The topological polar surface area (TPSA) is 61.8 Å². The minimum Gasteiger partial charge on any atom is -0.398 e. The normalized spacial score (nSPS) is 21.6. The molecule has 1 aromatic carbocycles. The van der Waals surface area contributed by atoms with Crippen molar-refractivity contribution in [1.29, 1.82) is 5.26 Å². The summed E-state index contributed by atoms with van der Waals surface area (Å²) >= 11 is 0. The van der Waals surface area contributed by atoms with Crippen LogP contribution in [0.4, 0.5) is 11.4 Å². The van der Waals surface area contributed by atoms with Crippen LogP contribution in [0.15, 0.2) is 18.2 Å². The molecule has 1 aliphatic carbocycles. The molecule has 3 nitrogen and oxygen atoms in total. The van der Waals surface area contributed by atoms with Gasteiger partial charge in [0.05, 0.1) is 12.5 Å². The van der Waals surface area contributed by atoms with Crippen molar-refractivity contribution in [3.05, 3.63) is 23.8 Å². The molecule has 3 N–H and O–H groups in total. The van der Waals surface area contributed by atoms with Gasteiger partial charge in [0, 0.05) is 17.4 Å². The number of hydrogen-bond acceptors (Lipinski definition) is 3. The van der Waals surface area contributed by atoms with Gasteiger partial charge in [-0.2, -0.15) is 5.26 Å². The molecule has 102 valence electrons. The number of nitriles is 1. The summed E-state index contributed by atoms with van der Waals surface area (Å²) < 4.78 is 0. The quantitative estimate of drug-likeness (QED) is 0.811. The summed E-state index contributed by atoms with van der Waals surface area (Å²) in [6, 6.07) is 8.61. The first-order chi connectivity index (χ1) is 9.00. The Hall–Kier alpha value is -1.69. The Kier molecular flexibility index (Phi) is 3.99. The van der Waals surface area contributed by atoms with Crippen molar-refractivity contribution in [1.82, 2.24) is 0 Å². The average molecular weight is 257 g/mol. The number of nitrogens with zero attached hydrogens (tertiary/aromatic N) is 1. The number of nitrogens with two attached hydrogens (primary N) is 1. The van der Waals surface area contributed by atoms with Gasteiger partial charge in [0.2, 0.25) is 0 Å². The van der Waals surface area contributed by atoms with Gasteiger partial charge in [-0.1, -0.05) is 20.3 Å². The van der Waals surface area contributed by atoms with Crippen LogP contribution in [0.5, 0.6) is 0 Å². The molecule has 1 saturated carbocycles. The van der Waals surface area contributed by atoms with E-state index in [0.29, 0.717) is 23.6 Å². The van der Waals surface area contributed by atoms with Crippen LogP contribution in [0.3, 0.4) is 0 Å².